The summed E-state index contributed by atoms with van der Waals surface area (Å²) in [6.07, 6.45) is 4.75. The van der Waals surface area contributed by atoms with Gasteiger partial charge in [0.2, 0.25) is 0 Å². The van der Waals surface area contributed by atoms with Crippen LogP contribution in [0.1, 0.15) is 38.3 Å². The van der Waals surface area contributed by atoms with Crippen LogP contribution in [0, 0.1) is 12.8 Å². The predicted molar refractivity (Wildman–Crippen MR) is 144 cm³/mol. The molecule has 0 spiro atoms. The Morgan fingerprint density at radius 3 is 2.62 bits per heavy atom. The Balaban J connectivity index is 1.81. The quantitative estimate of drug-likeness (QED) is 0.266. The summed E-state index contributed by atoms with van der Waals surface area (Å²) in [6, 6.07) is 16.0. The van der Waals surface area contributed by atoms with Crippen LogP contribution in [-0.2, 0) is 4.79 Å². The second-order valence-electron chi connectivity index (χ2n) is 8.68. The predicted octanol–water partition coefficient (Wildman–Crippen LogP) is 6.49. The number of amides is 1. The smallest absolute Gasteiger partial charge is 0.266 e. The standard InChI is InChI=1S/C27H29N3O2S2/c1-5-14-29-26(31)24(34-27(29)33)15-20-16-30(21-10-7-6-8-11-21)28-25(20)22-12-9-13-23(19(22)4)32-17-18(2)3/h6-13,15-16,18H,5,14,17H2,1-4H3/b24-15-. The number of thioether (sulfide) groups is 1. The van der Waals surface area contributed by atoms with E-state index in [-0.39, 0.29) is 5.91 Å². The highest BCUT2D eigenvalue weighted by Crippen LogP contribution is 2.37. The molecule has 2 heterocycles. The number of thiocarbonyl (C=S) groups is 1. The van der Waals surface area contributed by atoms with E-state index >= 15 is 0 Å². The molecule has 1 aliphatic rings. The van der Waals surface area contributed by atoms with E-state index in [4.69, 9.17) is 22.1 Å². The first-order valence-corrected chi connectivity index (χ1v) is 12.7. The number of nitrogens with zero attached hydrogens (tertiary/aromatic N) is 3. The maximum atomic E-state index is 13.0. The minimum atomic E-state index is -0.0407. The Bertz CT molecular complexity index is 1230. The molecule has 0 saturated carbocycles. The van der Waals surface area contributed by atoms with Crippen molar-refractivity contribution in [1.82, 2.24) is 14.7 Å². The number of benzene rings is 2. The lowest BCUT2D eigenvalue weighted by molar-refractivity contribution is -0.122. The molecule has 5 nitrogen and oxygen atoms in total. The summed E-state index contributed by atoms with van der Waals surface area (Å²) in [6.45, 7) is 9.64. The largest absolute Gasteiger partial charge is 0.493 e. The van der Waals surface area contributed by atoms with Gasteiger partial charge in [-0.3, -0.25) is 9.69 Å². The number of carbonyl (C=O) groups is 1. The number of carbonyl (C=O) groups excluding carboxylic acids is 1. The molecule has 1 aromatic heterocycles. The first-order valence-electron chi connectivity index (χ1n) is 11.5. The molecule has 4 rings (SSSR count). The normalized spacial score (nSPS) is 15.1. The van der Waals surface area contributed by atoms with Crippen LogP contribution in [0.2, 0.25) is 0 Å². The summed E-state index contributed by atoms with van der Waals surface area (Å²) >= 11 is 6.81. The van der Waals surface area contributed by atoms with Crippen molar-refractivity contribution in [1.29, 1.82) is 0 Å². The number of ether oxygens (including phenoxy) is 1. The summed E-state index contributed by atoms with van der Waals surface area (Å²) in [5.74, 6) is 1.24. The maximum Gasteiger partial charge on any atom is 0.266 e. The van der Waals surface area contributed by atoms with Crippen LogP contribution < -0.4 is 4.74 Å². The zero-order chi connectivity index (χ0) is 24.2. The number of aromatic nitrogens is 2. The van der Waals surface area contributed by atoms with E-state index in [1.807, 2.05) is 66.3 Å². The molecule has 3 aromatic rings. The van der Waals surface area contributed by atoms with Crippen molar-refractivity contribution in [3.8, 4) is 22.7 Å². The van der Waals surface area contributed by atoms with E-state index in [2.05, 4.69) is 26.8 Å². The monoisotopic (exact) mass is 491 g/mol. The van der Waals surface area contributed by atoms with Gasteiger partial charge in [0.1, 0.15) is 15.8 Å². The van der Waals surface area contributed by atoms with E-state index < -0.39 is 0 Å². The topological polar surface area (TPSA) is 47.4 Å². The highest BCUT2D eigenvalue weighted by molar-refractivity contribution is 8.26. The first kappa shape index (κ1) is 24.2. The van der Waals surface area contributed by atoms with E-state index in [9.17, 15) is 4.79 Å². The van der Waals surface area contributed by atoms with Gasteiger partial charge in [0.05, 0.1) is 17.2 Å². The Morgan fingerprint density at radius 2 is 1.91 bits per heavy atom. The third-order valence-corrected chi connectivity index (χ3v) is 6.86. The van der Waals surface area contributed by atoms with Gasteiger partial charge in [0.25, 0.3) is 5.91 Å². The van der Waals surface area contributed by atoms with Crippen molar-refractivity contribution in [2.24, 2.45) is 5.92 Å². The van der Waals surface area contributed by atoms with Gasteiger partial charge < -0.3 is 4.74 Å². The van der Waals surface area contributed by atoms with Gasteiger partial charge in [-0.25, -0.2) is 4.68 Å². The van der Waals surface area contributed by atoms with Crippen LogP contribution in [0.3, 0.4) is 0 Å². The minimum absolute atomic E-state index is 0.0407. The van der Waals surface area contributed by atoms with Crippen molar-refractivity contribution in [3.63, 3.8) is 0 Å². The van der Waals surface area contributed by atoms with E-state index in [1.165, 1.54) is 11.8 Å². The van der Waals surface area contributed by atoms with Crippen LogP contribution in [0.25, 0.3) is 23.0 Å². The van der Waals surface area contributed by atoms with Crippen molar-refractivity contribution in [2.75, 3.05) is 13.2 Å². The molecule has 2 aromatic carbocycles. The number of para-hydroxylation sites is 1. The molecule has 7 heteroatoms. The third kappa shape index (κ3) is 5.10. The minimum Gasteiger partial charge on any atom is -0.493 e. The summed E-state index contributed by atoms with van der Waals surface area (Å²) in [7, 11) is 0. The molecule has 1 fully saturated rings. The van der Waals surface area contributed by atoms with Gasteiger partial charge in [0.15, 0.2) is 0 Å². The van der Waals surface area contributed by atoms with Gasteiger partial charge in [-0.05, 0) is 43.5 Å². The van der Waals surface area contributed by atoms with Crippen molar-refractivity contribution in [2.45, 2.75) is 34.1 Å². The lowest BCUT2D eigenvalue weighted by Gasteiger charge is -2.14. The number of hydrogen-bond acceptors (Lipinski definition) is 5. The molecule has 0 atom stereocenters. The van der Waals surface area contributed by atoms with Crippen molar-refractivity contribution >= 4 is 40.3 Å². The summed E-state index contributed by atoms with van der Waals surface area (Å²) < 4.78 is 8.53. The van der Waals surface area contributed by atoms with Gasteiger partial charge in [-0.1, -0.05) is 75.1 Å². The molecule has 0 bridgehead atoms. The lowest BCUT2D eigenvalue weighted by atomic mass is 10.0. The molecule has 34 heavy (non-hydrogen) atoms. The fourth-order valence-electron chi connectivity index (χ4n) is 3.76. The number of hydrogen-bond donors (Lipinski definition) is 0. The van der Waals surface area contributed by atoms with Crippen LogP contribution >= 0.6 is 24.0 Å². The molecule has 1 aliphatic heterocycles. The Morgan fingerprint density at radius 1 is 1.15 bits per heavy atom. The Hall–Kier alpha value is -2.90. The highest BCUT2D eigenvalue weighted by Gasteiger charge is 2.31. The second-order valence-corrected chi connectivity index (χ2v) is 10.4. The van der Waals surface area contributed by atoms with Crippen LogP contribution in [0.4, 0.5) is 0 Å². The molecule has 176 valence electrons. The fourth-order valence-corrected chi connectivity index (χ4v) is 5.06. The van der Waals surface area contributed by atoms with Gasteiger partial charge in [-0.2, -0.15) is 5.10 Å². The number of rotatable bonds is 8. The molecule has 0 unspecified atom stereocenters. The molecular weight excluding hydrogens is 462 g/mol. The Kier molecular flexibility index (Phi) is 7.54. The average Bonchev–Trinajstić information content (AvgIpc) is 3.35. The van der Waals surface area contributed by atoms with E-state index in [0.717, 1.165) is 40.2 Å². The summed E-state index contributed by atoms with van der Waals surface area (Å²) in [5, 5.41) is 4.94. The molecule has 0 N–H and O–H groups in total. The summed E-state index contributed by atoms with van der Waals surface area (Å²) in [4.78, 5) is 15.3. The zero-order valence-electron chi connectivity index (χ0n) is 19.9. The van der Waals surface area contributed by atoms with Crippen LogP contribution in [-0.4, -0.2) is 38.1 Å². The van der Waals surface area contributed by atoms with Gasteiger partial charge in [-0.15, -0.1) is 0 Å². The van der Waals surface area contributed by atoms with Crippen molar-refractivity contribution in [3.05, 3.63) is 70.8 Å². The lowest BCUT2D eigenvalue weighted by Crippen LogP contribution is -2.28. The zero-order valence-corrected chi connectivity index (χ0v) is 21.6. The van der Waals surface area contributed by atoms with Crippen molar-refractivity contribution < 1.29 is 9.53 Å². The van der Waals surface area contributed by atoms with Crippen LogP contribution in [0.5, 0.6) is 5.75 Å². The van der Waals surface area contributed by atoms with Gasteiger partial charge >= 0.3 is 0 Å². The molecule has 0 radical (unpaired) electrons. The Labute approximate surface area is 210 Å². The molecular formula is C27H29N3O2S2. The average molecular weight is 492 g/mol. The SMILES string of the molecule is CCCN1C(=O)/C(=C/c2cn(-c3ccccc3)nc2-c2cccc(OCC(C)C)c2C)SC1=S. The first-order chi connectivity index (χ1) is 16.4. The van der Waals surface area contributed by atoms with E-state index in [0.29, 0.717) is 28.3 Å². The molecule has 1 amide bonds. The second kappa shape index (κ2) is 10.6. The molecule has 1 saturated heterocycles. The van der Waals surface area contributed by atoms with Gasteiger partial charge in [0, 0.05) is 29.4 Å². The molecule has 0 aliphatic carbocycles. The van der Waals surface area contributed by atoms with E-state index in [1.54, 1.807) is 4.90 Å². The highest BCUT2D eigenvalue weighted by atomic mass is 32.2. The third-order valence-electron chi connectivity index (χ3n) is 5.48. The summed E-state index contributed by atoms with van der Waals surface area (Å²) in [5.41, 5.74) is 4.62. The fraction of sp³-hybridized carbons (Fsp3) is 0.296. The van der Waals surface area contributed by atoms with Crippen LogP contribution in [0.15, 0.2) is 59.6 Å². The maximum absolute atomic E-state index is 13.0.